The molecule has 0 bridgehead atoms. The number of anilines is 3. The van der Waals surface area contributed by atoms with Crippen LogP contribution in [0.4, 0.5) is 17.1 Å². The van der Waals surface area contributed by atoms with E-state index in [2.05, 4.69) is 9.88 Å². The lowest BCUT2D eigenvalue weighted by molar-refractivity contribution is -0.137. The average molecular weight is 615 g/mol. The molecule has 240 valence electrons. The summed E-state index contributed by atoms with van der Waals surface area (Å²) in [5.74, 6) is 0.176. The molecule has 1 aliphatic rings. The number of rotatable bonds is 13. The summed E-state index contributed by atoms with van der Waals surface area (Å²) in [5.41, 5.74) is 3.07. The van der Waals surface area contributed by atoms with Gasteiger partial charge in [-0.3, -0.25) is 24.3 Å². The van der Waals surface area contributed by atoms with Crippen LogP contribution < -0.4 is 19.4 Å². The van der Waals surface area contributed by atoms with Crippen molar-refractivity contribution in [2.24, 2.45) is 5.41 Å². The highest BCUT2D eigenvalue weighted by Crippen LogP contribution is 2.40. The van der Waals surface area contributed by atoms with Crippen LogP contribution in [0.25, 0.3) is 0 Å². The van der Waals surface area contributed by atoms with Gasteiger partial charge in [0, 0.05) is 90.6 Å². The van der Waals surface area contributed by atoms with Crippen LogP contribution in [0.3, 0.4) is 0 Å². The van der Waals surface area contributed by atoms with Crippen LogP contribution in [-0.2, 0) is 16.1 Å². The molecule has 0 saturated heterocycles. The smallest absolute Gasteiger partial charge is 0.253 e. The van der Waals surface area contributed by atoms with Crippen LogP contribution in [0.5, 0.6) is 5.75 Å². The van der Waals surface area contributed by atoms with Crippen molar-refractivity contribution in [3.8, 4) is 5.75 Å². The van der Waals surface area contributed by atoms with Gasteiger partial charge in [0.05, 0.1) is 18.0 Å². The number of pyridine rings is 1. The molecule has 45 heavy (non-hydrogen) atoms. The molecule has 10 heteroatoms. The van der Waals surface area contributed by atoms with Gasteiger partial charge in [0.25, 0.3) is 5.91 Å². The maximum absolute atomic E-state index is 13.2. The number of fused-ring (bicyclic) bond motifs is 1. The molecule has 4 rings (SSSR count). The van der Waals surface area contributed by atoms with E-state index in [1.165, 1.54) is 0 Å². The largest absolute Gasteiger partial charge is 0.493 e. The van der Waals surface area contributed by atoms with Gasteiger partial charge < -0.3 is 24.3 Å². The Morgan fingerprint density at radius 1 is 0.889 bits per heavy atom. The maximum Gasteiger partial charge on any atom is 0.253 e. The highest BCUT2D eigenvalue weighted by molar-refractivity contribution is 6.20. The van der Waals surface area contributed by atoms with E-state index in [-0.39, 0.29) is 17.7 Å². The summed E-state index contributed by atoms with van der Waals surface area (Å²) in [6, 6.07) is 17.2. The Kier molecular flexibility index (Phi) is 10.8. The van der Waals surface area contributed by atoms with Crippen molar-refractivity contribution in [1.82, 2.24) is 14.8 Å². The van der Waals surface area contributed by atoms with Crippen molar-refractivity contribution in [2.75, 3.05) is 75.7 Å². The minimum atomic E-state index is -1.15. The third kappa shape index (κ3) is 7.81. The topological polar surface area (TPSA) is 89.5 Å². The summed E-state index contributed by atoms with van der Waals surface area (Å²) in [6.45, 7) is 8.96. The number of nitrogens with zero attached hydrogens (tertiary/aromatic N) is 6. The SMILES string of the molecule is CCN1C(=O)C(C)(C)C(=O)N(C)c2cc(OCCCN(CCN(C)C(=O)c3ccc(N(C)C)cc3)Cc3ccncc3)ccc21. The van der Waals surface area contributed by atoms with Gasteiger partial charge in [0.1, 0.15) is 11.2 Å². The molecular weight excluding hydrogens is 568 g/mol. The zero-order valence-corrected chi connectivity index (χ0v) is 27.6. The second kappa shape index (κ2) is 14.6. The Balaban J connectivity index is 1.38. The van der Waals surface area contributed by atoms with E-state index < -0.39 is 5.41 Å². The Morgan fingerprint density at radius 2 is 1.58 bits per heavy atom. The minimum Gasteiger partial charge on any atom is -0.493 e. The Hall–Kier alpha value is -4.44. The van der Waals surface area contributed by atoms with Crippen LogP contribution in [0.2, 0.25) is 0 Å². The van der Waals surface area contributed by atoms with Crippen LogP contribution >= 0.6 is 0 Å². The van der Waals surface area contributed by atoms with E-state index in [0.29, 0.717) is 48.9 Å². The third-order valence-electron chi connectivity index (χ3n) is 8.31. The Bertz CT molecular complexity index is 1480. The van der Waals surface area contributed by atoms with Crippen molar-refractivity contribution < 1.29 is 19.1 Å². The summed E-state index contributed by atoms with van der Waals surface area (Å²) >= 11 is 0. The molecule has 1 aliphatic heterocycles. The van der Waals surface area contributed by atoms with Crippen molar-refractivity contribution in [3.05, 3.63) is 78.1 Å². The molecule has 0 spiro atoms. The lowest BCUT2D eigenvalue weighted by Gasteiger charge is -2.27. The molecular formula is C35H46N6O4. The normalized spacial score (nSPS) is 14.3. The minimum absolute atomic E-state index is 0.00844. The highest BCUT2D eigenvalue weighted by atomic mass is 16.5. The van der Waals surface area contributed by atoms with E-state index in [9.17, 15) is 14.4 Å². The van der Waals surface area contributed by atoms with E-state index in [1.54, 1.807) is 48.0 Å². The Labute approximate surface area is 267 Å². The van der Waals surface area contributed by atoms with Crippen molar-refractivity contribution in [2.45, 2.75) is 33.7 Å². The van der Waals surface area contributed by atoms with Gasteiger partial charge in [0.15, 0.2) is 0 Å². The van der Waals surface area contributed by atoms with E-state index >= 15 is 0 Å². The first-order valence-corrected chi connectivity index (χ1v) is 15.4. The van der Waals surface area contributed by atoms with E-state index in [1.807, 2.05) is 87.6 Å². The molecule has 2 heterocycles. The predicted molar refractivity (Wildman–Crippen MR) is 179 cm³/mol. The first kappa shape index (κ1) is 33.5. The highest BCUT2D eigenvalue weighted by Gasteiger charge is 2.45. The van der Waals surface area contributed by atoms with Crippen molar-refractivity contribution in [3.63, 3.8) is 0 Å². The fourth-order valence-corrected chi connectivity index (χ4v) is 5.48. The lowest BCUT2D eigenvalue weighted by atomic mass is 9.90. The van der Waals surface area contributed by atoms with Crippen LogP contribution in [0.1, 0.15) is 43.1 Å². The fraction of sp³-hybridized carbons (Fsp3) is 0.429. The molecule has 0 N–H and O–H groups in total. The van der Waals surface area contributed by atoms with Crippen LogP contribution in [-0.4, -0.2) is 93.5 Å². The second-order valence-electron chi connectivity index (χ2n) is 12.2. The first-order valence-electron chi connectivity index (χ1n) is 15.4. The van der Waals surface area contributed by atoms with Gasteiger partial charge in [-0.2, -0.15) is 0 Å². The van der Waals surface area contributed by atoms with Gasteiger partial charge in [-0.25, -0.2) is 0 Å². The van der Waals surface area contributed by atoms with Crippen LogP contribution in [0, 0.1) is 5.41 Å². The monoisotopic (exact) mass is 614 g/mol. The van der Waals surface area contributed by atoms with Crippen molar-refractivity contribution >= 4 is 34.8 Å². The molecule has 1 aromatic heterocycles. The predicted octanol–water partition coefficient (Wildman–Crippen LogP) is 4.55. The number of benzene rings is 2. The Morgan fingerprint density at radius 3 is 2.22 bits per heavy atom. The number of hydrogen-bond acceptors (Lipinski definition) is 7. The quantitative estimate of drug-likeness (QED) is 0.206. The summed E-state index contributed by atoms with van der Waals surface area (Å²) in [6.07, 6.45) is 4.34. The summed E-state index contributed by atoms with van der Waals surface area (Å²) in [5, 5.41) is 0. The molecule has 0 unspecified atom stereocenters. The van der Waals surface area contributed by atoms with Gasteiger partial charge in [-0.05, 0) is 81.3 Å². The molecule has 0 fully saturated rings. The first-order chi connectivity index (χ1) is 21.4. The van der Waals surface area contributed by atoms with E-state index in [0.717, 1.165) is 30.8 Å². The standard InChI is InChI=1S/C35H46N6O4/c1-8-41-30-15-14-29(24-31(30)39(7)33(43)35(2,3)34(41)44)45-23-9-20-40(25-26-16-18-36-19-17-26)22-21-38(6)32(42)27-10-12-28(13-11-27)37(4)5/h10-19,24H,8-9,20-23,25H2,1-7H3. The zero-order valence-electron chi connectivity index (χ0n) is 27.6. The fourth-order valence-electron chi connectivity index (χ4n) is 5.48. The molecule has 2 aromatic carbocycles. The molecule has 0 aliphatic carbocycles. The number of likely N-dealkylation sites (N-methyl/N-ethyl adjacent to an activating group) is 1. The summed E-state index contributed by atoms with van der Waals surface area (Å²) < 4.78 is 6.15. The average Bonchev–Trinajstić information content (AvgIpc) is 3.09. The number of ether oxygens (including phenoxy) is 1. The van der Waals surface area contributed by atoms with Crippen molar-refractivity contribution in [1.29, 1.82) is 0 Å². The second-order valence-corrected chi connectivity index (χ2v) is 12.2. The molecule has 0 atom stereocenters. The zero-order chi connectivity index (χ0) is 32.7. The number of carbonyl (C=O) groups excluding carboxylic acids is 3. The van der Waals surface area contributed by atoms with Crippen LogP contribution in [0.15, 0.2) is 67.0 Å². The number of carbonyl (C=O) groups is 3. The molecule has 10 nitrogen and oxygen atoms in total. The number of hydrogen-bond donors (Lipinski definition) is 0. The lowest BCUT2D eigenvalue weighted by Crippen LogP contribution is -2.47. The molecule has 0 radical (unpaired) electrons. The number of aromatic nitrogens is 1. The summed E-state index contributed by atoms with van der Waals surface area (Å²) in [4.78, 5) is 52.9. The van der Waals surface area contributed by atoms with Gasteiger partial charge >= 0.3 is 0 Å². The molecule has 0 saturated carbocycles. The number of amides is 3. The maximum atomic E-state index is 13.2. The van der Waals surface area contributed by atoms with Gasteiger partial charge in [0.2, 0.25) is 11.8 Å². The summed E-state index contributed by atoms with van der Waals surface area (Å²) in [7, 11) is 7.49. The van der Waals surface area contributed by atoms with E-state index in [4.69, 9.17) is 4.74 Å². The van der Waals surface area contributed by atoms with Gasteiger partial charge in [-0.1, -0.05) is 0 Å². The van der Waals surface area contributed by atoms with Gasteiger partial charge in [-0.15, -0.1) is 0 Å². The molecule has 3 amide bonds. The third-order valence-corrected chi connectivity index (χ3v) is 8.31. The molecule has 3 aromatic rings.